The Kier molecular flexibility index (Phi) is 7.15. The number of hydrogen-bond donors (Lipinski definition) is 1. The number of hydrogen-bond acceptors (Lipinski definition) is 10. The molecule has 2 aliphatic carbocycles. The van der Waals surface area contributed by atoms with Crippen LogP contribution in [-0.4, -0.2) is 41.9 Å². The highest BCUT2D eigenvalue weighted by Gasteiger charge is 2.59. The molecule has 0 radical (unpaired) electrons. The average molecular weight is 513 g/mol. The molecule has 1 N–H and O–H groups in total. The lowest BCUT2D eigenvalue weighted by Crippen LogP contribution is -2.50. The number of non-ortho nitro benzene ring substituents is 1. The highest BCUT2D eigenvalue weighted by atomic mass is 16.6. The van der Waals surface area contributed by atoms with Crippen LogP contribution in [0.15, 0.2) is 27.4 Å². The van der Waals surface area contributed by atoms with E-state index in [2.05, 4.69) is 5.32 Å². The number of ether oxygens (including phenoxy) is 2. The number of esters is 2. The Morgan fingerprint density at radius 2 is 1.78 bits per heavy atom. The van der Waals surface area contributed by atoms with Crippen LogP contribution in [0, 0.1) is 15.5 Å². The van der Waals surface area contributed by atoms with Crippen molar-refractivity contribution in [1.82, 2.24) is 5.32 Å². The summed E-state index contributed by atoms with van der Waals surface area (Å²) in [4.78, 5) is 65.1. The summed E-state index contributed by atoms with van der Waals surface area (Å²) in [6.07, 6.45) is 4.26. The lowest BCUT2D eigenvalue weighted by atomic mass is 9.75. The molecule has 1 atom stereocenters. The molecule has 0 saturated heterocycles. The lowest BCUT2D eigenvalue weighted by Gasteiger charge is -2.34. The Bertz CT molecular complexity index is 1480. The molecule has 1 aromatic heterocycles. The Balaban J connectivity index is 2.26. The van der Waals surface area contributed by atoms with Crippen molar-refractivity contribution in [3.63, 3.8) is 0 Å². The molecule has 37 heavy (non-hydrogen) atoms. The maximum atomic E-state index is 13.7. The summed E-state index contributed by atoms with van der Waals surface area (Å²) in [5, 5.41) is 14.5. The van der Waals surface area contributed by atoms with E-state index in [9.17, 15) is 29.3 Å². The molecule has 0 spiro atoms. The van der Waals surface area contributed by atoms with Gasteiger partial charge < -0.3 is 19.2 Å². The van der Waals surface area contributed by atoms with Crippen molar-refractivity contribution in [1.29, 1.82) is 0 Å². The number of rotatable bonds is 8. The smallest absolute Gasteiger partial charge is 0.346 e. The number of fused-ring (bicyclic) bond motifs is 3. The summed E-state index contributed by atoms with van der Waals surface area (Å²) in [5.74, 6) is -2.81. The van der Waals surface area contributed by atoms with Crippen LogP contribution in [0.3, 0.4) is 0 Å². The van der Waals surface area contributed by atoms with Gasteiger partial charge in [0.2, 0.25) is 0 Å². The van der Waals surface area contributed by atoms with Crippen LogP contribution < -0.4 is 21.4 Å². The minimum absolute atomic E-state index is 0.0298. The highest BCUT2D eigenvalue weighted by Crippen LogP contribution is 2.42. The molecule has 1 saturated carbocycles. The highest BCUT2D eigenvalue weighted by molar-refractivity contribution is 6.33. The summed E-state index contributed by atoms with van der Waals surface area (Å²) in [5.41, 5.74) is -4.13. The first kappa shape index (κ1) is 26.1. The molecular formula is C26H28N2O9. The van der Waals surface area contributed by atoms with E-state index in [1.807, 2.05) is 0 Å². The Morgan fingerprint density at radius 3 is 2.38 bits per heavy atom. The van der Waals surface area contributed by atoms with Gasteiger partial charge in [-0.05, 0) is 39.7 Å². The fourth-order valence-electron chi connectivity index (χ4n) is 5.32. The molecule has 1 heterocycles. The van der Waals surface area contributed by atoms with Gasteiger partial charge in [-0.25, -0.2) is 9.59 Å². The first-order valence-corrected chi connectivity index (χ1v) is 12.3. The topological polar surface area (TPSA) is 155 Å². The molecule has 2 aromatic rings. The van der Waals surface area contributed by atoms with Gasteiger partial charge in [-0.1, -0.05) is 19.3 Å². The lowest BCUT2D eigenvalue weighted by molar-refractivity contribution is -0.384. The number of nitro benzene ring substituents is 1. The zero-order valence-electron chi connectivity index (χ0n) is 20.9. The summed E-state index contributed by atoms with van der Waals surface area (Å²) in [7, 11) is 0. The predicted molar refractivity (Wildman–Crippen MR) is 132 cm³/mol. The van der Waals surface area contributed by atoms with E-state index < -0.39 is 39.3 Å². The molecular weight excluding hydrogens is 484 g/mol. The van der Waals surface area contributed by atoms with E-state index in [0.29, 0.717) is 0 Å². The predicted octanol–water partition coefficient (Wildman–Crippen LogP) is 1.60. The first-order valence-electron chi connectivity index (χ1n) is 12.3. The van der Waals surface area contributed by atoms with Gasteiger partial charge in [-0.15, -0.1) is 0 Å². The second-order valence-electron chi connectivity index (χ2n) is 9.05. The second-order valence-corrected chi connectivity index (χ2v) is 9.05. The van der Waals surface area contributed by atoms with Crippen molar-refractivity contribution < 1.29 is 33.2 Å². The molecule has 1 unspecified atom stereocenters. The van der Waals surface area contributed by atoms with Crippen molar-refractivity contribution in [2.45, 2.75) is 58.9 Å². The van der Waals surface area contributed by atoms with Gasteiger partial charge in [-0.2, -0.15) is 0 Å². The van der Waals surface area contributed by atoms with Gasteiger partial charge in [0.1, 0.15) is 5.58 Å². The van der Waals surface area contributed by atoms with E-state index in [4.69, 9.17) is 13.9 Å². The number of carbonyl (C=O) groups is 3. The molecule has 2 aliphatic rings. The fraction of sp³-hybridized carbons (Fsp3) is 0.462. The van der Waals surface area contributed by atoms with E-state index >= 15 is 0 Å². The van der Waals surface area contributed by atoms with E-state index in [1.165, 1.54) is 6.07 Å². The molecule has 1 aromatic carbocycles. The zero-order chi connectivity index (χ0) is 26.9. The van der Waals surface area contributed by atoms with Crippen LogP contribution in [0.2, 0.25) is 0 Å². The van der Waals surface area contributed by atoms with E-state index in [0.717, 1.165) is 51.2 Å². The van der Waals surface area contributed by atoms with Crippen LogP contribution in [0.4, 0.5) is 5.69 Å². The molecule has 0 bridgehead atoms. The number of ketones is 1. The van der Waals surface area contributed by atoms with Gasteiger partial charge in [0, 0.05) is 28.8 Å². The maximum Gasteiger partial charge on any atom is 0.346 e. The number of carbonyl (C=O) groups excluding carboxylic acids is 3. The molecule has 0 aliphatic heterocycles. The minimum atomic E-state index is -2.34. The zero-order valence-corrected chi connectivity index (χ0v) is 20.9. The Labute approximate surface area is 211 Å². The van der Waals surface area contributed by atoms with Crippen LogP contribution >= 0.6 is 0 Å². The fourth-order valence-corrected chi connectivity index (χ4v) is 5.32. The monoisotopic (exact) mass is 512 g/mol. The average Bonchev–Trinajstić information content (AvgIpc) is 3.17. The summed E-state index contributed by atoms with van der Waals surface area (Å²) in [6, 6.07) is 3.36. The van der Waals surface area contributed by atoms with Crippen molar-refractivity contribution in [2.24, 2.45) is 5.41 Å². The quantitative estimate of drug-likeness (QED) is 0.181. The number of nitrogens with one attached hydrogen (secondary N) is 1. The molecule has 1 fully saturated rings. The molecule has 0 amide bonds. The minimum Gasteiger partial charge on any atom is -0.465 e. The van der Waals surface area contributed by atoms with Crippen LogP contribution in [0.25, 0.3) is 22.2 Å². The molecule has 11 heteroatoms. The molecule has 11 nitrogen and oxygen atoms in total. The van der Waals surface area contributed by atoms with Gasteiger partial charge in [0.15, 0.2) is 11.2 Å². The standard InChI is InChI=1S/C26H28N2O9/c1-4-35-24(31)21-19-17-13-16(28(33)34)11-12-18(17)37-23(30)20(19)22(27-15-9-7-6-8-10-15)26(21,14(3)29)25(32)36-5-2/h11-13,15,27H,4-10H2,1-3H3. The van der Waals surface area contributed by atoms with Crippen molar-refractivity contribution in [3.8, 4) is 0 Å². The Hall–Kier alpha value is -4.02. The van der Waals surface area contributed by atoms with Crippen molar-refractivity contribution in [3.05, 3.63) is 49.2 Å². The summed E-state index contributed by atoms with van der Waals surface area (Å²) >= 11 is 0. The Morgan fingerprint density at radius 1 is 1.11 bits per heavy atom. The van der Waals surface area contributed by atoms with Gasteiger partial charge >= 0.3 is 17.6 Å². The third-order valence-corrected chi connectivity index (χ3v) is 6.89. The number of Topliss-reactive ketones (excluding diaryl/α,β-unsaturated/α-hetero) is 1. The van der Waals surface area contributed by atoms with Crippen LogP contribution in [0.5, 0.6) is 0 Å². The third-order valence-electron chi connectivity index (χ3n) is 6.89. The van der Waals surface area contributed by atoms with Gasteiger partial charge in [0.25, 0.3) is 5.69 Å². The van der Waals surface area contributed by atoms with Crippen molar-refractivity contribution >= 4 is 45.6 Å². The van der Waals surface area contributed by atoms with Crippen molar-refractivity contribution in [2.75, 3.05) is 13.2 Å². The number of benzene rings is 1. The van der Waals surface area contributed by atoms with Gasteiger partial charge in [0.05, 0.1) is 34.6 Å². The largest absolute Gasteiger partial charge is 0.465 e. The summed E-state index contributed by atoms with van der Waals surface area (Å²) in [6.45, 7) is 4.06. The van der Waals surface area contributed by atoms with E-state index in [1.54, 1.807) is 13.8 Å². The maximum absolute atomic E-state index is 13.7. The molecule has 196 valence electrons. The number of nitrogens with zero attached hydrogens (tertiary/aromatic N) is 1. The van der Waals surface area contributed by atoms with Crippen LogP contribution in [0.1, 0.15) is 52.9 Å². The number of nitro groups is 1. The SMILES string of the molecule is CCOC(=O)C1=c2c(c(=O)oc3ccc([N+](=O)[O-])cc23)=C(NC2CCCCC2)C1(C(C)=O)C(=O)OCC. The van der Waals surface area contributed by atoms with Crippen LogP contribution in [-0.2, 0) is 23.9 Å². The second kappa shape index (κ2) is 10.2. The normalized spacial score (nSPS) is 19.4. The van der Waals surface area contributed by atoms with E-state index in [-0.39, 0.29) is 52.0 Å². The molecule has 4 rings (SSSR count). The van der Waals surface area contributed by atoms with Gasteiger partial charge in [-0.3, -0.25) is 19.7 Å². The third kappa shape index (κ3) is 4.17. The first-order chi connectivity index (χ1) is 17.7. The summed E-state index contributed by atoms with van der Waals surface area (Å²) < 4.78 is 16.1.